The van der Waals surface area contributed by atoms with Crippen LogP contribution in [-0.4, -0.2) is 49.0 Å². The Morgan fingerprint density at radius 3 is 2.90 bits per heavy atom. The Hall–Kier alpha value is -0.900. The van der Waals surface area contributed by atoms with Crippen molar-refractivity contribution in [2.24, 2.45) is 0 Å². The lowest BCUT2D eigenvalue weighted by atomic mass is 9.99. The Morgan fingerprint density at radius 2 is 2.15 bits per heavy atom. The van der Waals surface area contributed by atoms with E-state index in [-0.39, 0.29) is 6.10 Å². The number of nitrogens with zero attached hydrogens (tertiary/aromatic N) is 1. The molecule has 1 aromatic carbocycles. The molecule has 2 atom stereocenters. The van der Waals surface area contributed by atoms with Gasteiger partial charge in [0.15, 0.2) is 0 Å². The SMILES string of the molecule is CCCCOCC(O)CN1CCC(c2ccccc2)C1. The summed E-state index contributed by atoms with van der Waals surface area (Å²) in [5.41, 5.74) is 1.42. The van der Waals surface area contributed by atoms with E-state index in [0.29, 0.717) is 12.5 Å². The molecule has 2 unspecified atom stereocenters. The first-order valence-electron chi connectivity index (χ1n) is 7.82. The molecule has 0 amide bonds. The second-order valence-electron chi connectivity index (χ2n) is 5.74. The molecule has 0 saturated carbocycles. The van der Waals surface area contributed by atoms with Gasteiger partial charge < -0.3 is 14.7 Å². The number of hydrogen-bond donors (Lipinski definition) is 1. The van der Waals surface area contributed by atoms with Gasteiger partial charge in [0.05, 0.1) is 12.7 Å². The predicted molar refractivity (Wildman–Crippen MR) is 82.0 cm³/mol. The smallest absolute Gasteiger partial charge is 0.0900 e. The Morgan fingerprint density at radius 1 is 1.35 bits per heavy atom. The number of ether oxygens (including phenoxy) is 1. The predicted octanol–water partition coefficient (Wildman–Crippen LogP) is 2.65. The number of aliphatic hydroxyl groups is 1. The molecule has 0 radical (unpaired) electrons. The number of aliphatic hydroxyl groups excluding tert-OH is 1. The fourth-order valence-corrected chi connectivity index (χ4v) is 2.81. The summed E-state index contributed by atoms with van der Waals surface area (Å²) in [6.45, 7) is 6.23. The molecule has 3 heteroatoms. The van der Waals surface area contributed by atoms with Crippen LogP contribution in [0.15, 0.2) is 30.3 Å². The van der Waals surface area contributed by atoms with Gasteiger partial charge in [-0.1, -0.05) is 43.7 Å². The first-order valence-corrected chi connectivity index (χ1v) is 7.82. The highest BCUT2D eigenvalue weighted by molar-refractivity contribution is 5.20. The highest BCUT2D eigenvalue weighted by Gasteiger charge is 2.25. The first-order chi connectivity index (χ1) is 9.79. The van der Waals surface area contributed by atoms with Gasteiger partial charge in [-0.25, -0.2) is 0 Å². The van der Waals surface area contributed by atoms with Crippen LogP contribution in [0, 0.1) is 0 Å². The zero-order valence-corrected chi connectivity index (χ0v) is 12.5. The number of likely N-dealkylation sites (tertiary alicyclic amines) is 1. The standard InChI is InChI=1S/C17H27NO2/c1-2-3-11-20-14-17(19)13-18-10-9-16(12-18)15-7-5-4-6-8-15/h4-8,16-17,19H,2-3,9-14H2,1H3. The van der Waals surface area contributed by atoms with Crippen LogP contribution in [0.3, 0.4) is 0 Å². The highest BCUT2D eigenvalue weighted by Crippen LogP contribution is 2.26. The van der Waals surface area contributed by atoms with E-state index in [4.69, 9.17) is 4.74 Å². The van der Waals surface area contributed by atoms with Crippen LogP contribution in [0.2, 0.25) is 0 Å². The minimum absolute atomic E-state index is 0.360. The number of benzene rings is 1. The number of rotatable bonds is 8. The van der Waals surface area contributed by atoms with E-state index in [1.807, 2.05) is 0 Å². The first kappa shape index (κ1) is 15.5. The van der Waals surface area contributed by atoms with Gasteiger partial charge in [0.2, 0.25) is 0 Å². The second kappa shape index (κ2) is 8.40. The Kier molecular flexibility index (Phi) is 6.51. The third-order valence-electron chi connectivity index (χ3n) is 3.96. The highest BCUT2D eigenvalue weighted by atomic mass is 16.5. The fourth-order valence-electron chi connectivity index (χ4n) is 2.81. The molecule has 0 aliphatic carbocycles. The van der Waals surface area contributed by atoms with Crippen molar-refractivity contribution < 1.29 is 9.84 Å². The van der Waals surface area contributed by atoms with Gasteiger partial charge in [-0.2, -0.15) is 0 Å². The molecule has 1 N–H and O–H groups in total. The summed E-state index contributed by atoms with van der Waals surface area (Å²) in [6, 6.07) is 10.7. The monoisotopic (exact) mass is 277 g/mol. The largest absolute Gasteiger partial charge is 0.389 e. The Bertz CT molecular complexity index is 369. The molecule has 1 aliphatic heterocycles. The van der Waals surface area contributed by atoms with Crippen LogP contribution in [0.25, 0.3) is 0 Å². The van der Waals surface area contributed by atoms with E-state index in [2.05, 4.69) is 42.2 Å². The summed E-state index contributed by atoms with van der Waals surface area (Å²) >= 11 is 0. The molecule has 2 rings (SSSR count). The Balaban J connectivity index is 1.68. The van der Waals surface area contributed by atoms with Crippen LogP contribution in [0.4, 0.5) is 0 Å². The minimum atomic E-state index is -0.360. The summed E-state index contributed by atoms with van der Waals surface area (Å²) in [5, 5.41) is 10.00. The van der Waals surface area contributed by atoms with Crippen LogP contribution in [0.1, 0.15) is 37.7 Å². The molecule has 112 valence electrons. The molecule has 0 bridgehead atoms. The van der Waals surface area contributed by atoms with Crippen LogP contribution >= 0.6 is 0 Å². The average Bonchev–Trinajstić information content (AvgIpc) is 2.93. The van der Waals surface area contributed by atoms with Gasteiger partial charge in [-0.3, -0.25) is 0 Å². The fraction of sp³-hybridized carbons (Fsp3) is 0.647. The van der Waals surface area contributed by atoms with Crippen molar-refractivity contribution in [3.8, 4) is 0 Å². The Labute approximate surface area is 122 Å². The van der Waals surface area contributed by atoms with Crippen molar-refractivity contribution in [2.45, 2.75) is 38.2 Å². The molecular weight excluding hydrogens is 250 g/mol. The zero-order chi connectivity index (χ0) is 14.2. The normalized spacial score (nSPS) is 21.2. The van der Waals surface area contributed by atoms with Gasteiger partial charge in [0.25, 0.3) is 0 Å². The molecule has 1 fully saturated rings. The summed E-state index contributed by atoms with van der Waals surface area (Å²) in [7, 11) is 0. The number of unbranched alkanes of at least 4 members (excludes halogenated alkanes) is 1. The molecule has 20 heavy (non-hydrogen) atoms. The van der Waals surface area contributed by atoms with Crippen LogP contribution < -0.4 is 0 Å². The maximum Gasteiger partial charge on any atom is 0.0900 e. The maximum absolute atomic E-state index is 10.00. The van der Waals surface area contributed by atoms with E-state index >= 15 is 0 Å². The van der Waals surface area contributed by atoms with E-state index in [9.17, 15) is 5.11 Å². The van der Waals surface area contributed by atoms with Crippen molar-refractivity contribution in [2.75, 3.05) is 32.8 Å². The van der Waals surface area contributed by atoms with Crippen molar-refractivity contribution in [1.29, 1.82) is 0 Å². The van der Waals surface area contributed by atoms with E-state index in [1.54, 1.807) is 0 Å². The van der Waals surface area contributed by atoms with Gasteiger partial charge in [-0.05, 0) is 30.9 Å². The van der Waals surface area contributed by atoms with Gasteiger partial charge in [-0.15, -0.1) is 0 Å². The molecule has 1 heterocycles. The molecule has 0 aromatic heterocycles. The van der Waals surface area contributed by atoms with E-state index in [0.717, 1.165) is 39.1 Å². The lowest BCUT2D eigenvalue weighted by molar-refractivity contribution is 0.0194. The minimum Gasteiger partial charge on any atom is -0.389 e. The summed E-state index contributed by atoms with van der Waals surface area (Å²) in [6.07, 6.45) is 3.04. The second-order valence-corrected chi connectivity index (χ2v) is 5.74. The zero-order valence-electron chi connectivity index (χ0n) is 12.5. The van der Waals surface area contributed by atoms with Gasteiger partial charge in [0.1, 0.15) is 0 Å². The van der Waals surface area contributed by atoms with Crippen molar-refractivity contribution >= 4 is 0 Å². The van der Waals surface area contributed by atoms with Crippen LogP contribution in [0.5, 0.6) is 0 Å². The average molecular weight is 277 g/mol. The topological polar surface area (TPSA) is 32.7 Å². The third kappa shape index (κ3) is 4.89. The van der Waals surface area contributed by atoms with E-state index < -0.39 is 0 Å². The molecule has 3 nitrogen and oxygen atoms in total. The molecule has 1 saturated heterocycles. The number of hydrogen-bond acceptors (Lipinski definition) is 3. The molecule has 0 spiro atoms. The van der Waals surface area contributed by atoms with Gasteiger partial charge in [0, 0.05) is 19.7 Å². The summed E-state index contributed by atoms with van der Waals surface area (Å²) in [5.74, 6) is 0.615. The molecule has 1 aromatic rings. The van der Waals surface area contributed by atoms with Gasteiger partial charge >= 0.3 is 0 Å². The molecular formula is C17H27NO2. The molecule has 1 aliphatic rings. The van der Waals surface area contributed by atoms with Crippen LogP contribution in [-0.2, 0) is 4.74 Å². The lowest BCUT2D eigenvalue weighted by Crippen LogP contribution is -2.33. The summed E-state index contributed by atoms with van der Waals surface area (Å²) < 4.78 is 5.48. The van der Waals surface area contributed by atoms with E-state index in [1.165, 1.54) is 12.0 Å². The van der Waals surface area contributed by atoms with Crippen molar-refractivity contribution in [3.05, 3.63) is 35.9 Å². The summed E-state index contributed by atoms with van der Waals surface area (Å²) in [4.78, 5) is 2.35. The van der Waals surface area contributed by atoms with Crippen molar-refractivity contribution in [3.63, 3.8) is 0 Å². The maximum atomic E-state index is 10.00. The quantitative estimate of drug-likeness (QED) is 0.742. The lowest BCUT2D eigenvalue weighted by Gasteiger charge is -2.20. The third-order valence-corrected chi connectivity index (χ3v) is 3.96. The number of β-amino-alcohol motifs (C(OH)–C–C–N with tert-alkyl or cyclic N) is 1. The van der Waals surface area contributed by atoms with Crippen molar-refractivity contribution in [1.82, 2.24) is 4.90 Å².